The van der Waals surface area contributed by atoms with Gasteiger partial charge in [0.1, 0.15) is 17.6 Å². The first kappa shape index (κ1) is 27.6. The Bertz CT molecular complexity index is 1180. The molecule has 1 aliphatic carbocycles. The zero-order chi connectivity index (χ0) is 26.7. The minimum atomic E-state index is -0.762. The van der Waals surface area contributed by atoms with Gasteiger partial charge in [0.2, 0.25) is 11.8 Å². The standard InChI is InChI=1S/C31H34ClFN2O3/c32-25-16-18-27(19-17-25)38-20-8-15-30(36)35(22-24-11-4-7-14-28(24)33)29(21-23-9-2-1-3-10-23)31(37)34-26-12-5-6-13-26/h1-4,7,9-11,14,16-19,26,29H,5-6,8,12-13,15,20-22H2,(H,34,37)/t29-/m1/s1. The third kappa shape index (κ3) is 8.06. The van der Waals surface area contributed by atoms with Crippen LogP contribution in [0.3, 0.4) is 0 Å². The predicted octanol–water partition coefficient (Wildman–Crippen LogP) is 6.34. The first-order chi connectivity index (χ1) is 18.5. The molecule has 0 radical (unpaired) electrons. The van der Waals surface area contributed by atoms with Crippen molar-refractivity contribution in [1.29, 1.82) is 0 Å². The summed E-state index contributed by atoms with van der Waals surface area (Å²) in [5.41, 5.74) is 1.32. The van der Waals surface area contributed by atoms with Crippen LogP contribution in [0.2, 0.25) is 5.02 Å². The topological polar surface area (TPSA) is 58.6 Å². The van der Waals surface area contributed by atoms with Crippen LogP contribution in [-0.4, -0.2) is 35.4 Å². The van der Waals surface area contributed by atoms with Crippen molar-refractivity contribution < 1.29 is 18.7 Å². The van der Waals surface area contributed by atoms with Crippen LogP contribution in [0, 0.1) is 5.82 Å². The third-order valence-electron chi connectivity index (χ3n) is 6.89. The van der Waals surface area contributed by atoms with Gasteiger partial charge < -0.3 is 15.0 Å². The lowest BCUT2D eigenvalue weighted by Crippen LogP contribution is -2.52. The van der Waals surface area contributed by atoms with Gasteiger partial charge in [0, 0.05) is 36.0 Å². The van der Waals surface area contributed by atoms with Gasteiger partial charge in [-0.1, -0.05) is 73.0 Å². The Morgan fingerprint density at radius 3 is 2.37 bits per heavy atom. The zero-order valence-electron chi connectivity index (χ0n) is 21.5. The van der Waals surface area contributed by atoms with Crippen LogP contribution in [0.5, 0.6) is 5.75 Å². The second-order valence-electron chi connectivity index (χ2n) is 9.71. The summed E-state index contributed by atoms with van der Waals surface area (Å²) in [7, 11) is 0. The molecule has 38 heavy (non-hydrogen) atoms. The van der Waals surface area contributed by atoms with E-state index in [1.807, 2.05) is 30.3 Å². The second kappa shape index (κ2) is 14.0. The van der Waals surface area contributed by atoms with Crippen molar-refractivity contribution in [3.05, 3.63) is 101 Å². The highest BCUT2D eigenvalue weighted by molar-refractivity contribution is 6.30. The van der Waals surface area contributed by atoms with Gasteiger partial charge in [-0.3, -0.25) is 9.59 Å². The molecule has 4 rings (SSSR count). The Hall–Kier alpha value is -3.38. The molecule has 0 heterocycles. The smallest absolute Gasteiger partial charge is 0.243 e. The van der Waals surface area contributed by atoms with Crippen molar-refractivity contribution in [2.75, 3.05) is 6.61 Å². The van der Waals surface area contributed by atoms with Gasteiger partial charge >= 0.3 is 0 Å². The van der Waals surface area contributed by atoms with E-state index < -0.39 is 11.9 Å². The Morgan fingerprint density at radius 2 is 1.66 bits per heavy atom. The molecule has 0 aliphatic heterocycles. The van der Waals surface area contributed by atoms with Gasteiger partial charge in [-0.2, -0.15) is 0 Å². The van der Waals surface area contributed by atoms with Gasteiger partial charge in [-0.05, 0) is 55.2 Å². The lowest BCUT2D eigenvalue weighted by Gasteiger charge is -2.32. The average Bonchev–Trinajstić information content (AvgIpc) is 3.44. The monoisotopic (exact) mass is 536 g/mol. The van der Waals surface area contributed by atoms with Crippen LogP contribution >= 0.6 is 11.6 Å². The van der Waals surface area contributed by atoms with Crippen LogP contribution in [0.15, 0.2) is 78.9 Å². The van der Waals surface area contributed by atoms with Crippen LogP contribution < -0.4 is 10.1 Å². The normalized spacial score (nSPS) is 14.2. The molecule has 5 nitrogen and oxygen atoms in total. The molecule has 200 valence electrons. The first-order valence-electron chi connectivity index (χ1n) is 13.2. The second-order valence-corrected chi connectivity index (χ2v) is 10.2. The number of benzene rings is 3. The molecular weight excluding hydrogens is 503 g/mol. The van der Waals surface area contributed by atoms with Crippen molar-refractivity contribution in [2.24, 2.45) is 0 Å². The van der Waals surface area contributed by atoms with Crippen LogP contribution in [0.1, 0.15) is 49.7 Å². The van der Waals surface area contributed by atoms with Crippen molar-refractivity contribution >= 4 is 23.4 Å². The predicted molar refractivity (Wildman–Crippen MR) is 147 cm³/mol. The molecular formula is C31H34ClFN2O3. The van der Waals surface area contributed by atoms with Gasteiger partial charge in [0.05, 0.1) is 6.61 Å². The Balaban J connectivity index is 1.52. The van der Waals surface area contributed by atoms with Gasteiger partial charge in [-0.15, -0.1) is 0 Å². The van der Waals surface area contributed by atoms with Crippen molar-refractivity contribution in [3.8, 4) is 5.75 Å². The van der Waals surface area contributed by atoms with Gasteiger partial charge in [-0.25, -0.2) is 4.39 Å². The van der Waals surface area contributed by atoms with Crippen LogP contribution in [0.4, 0.5) is 4.39 Å². The minimum absolute atomic E-state index is 0.0130. The number of ether oxygens (including phenoxy) is 1. The molecule has 1 aliphatic rings. The molecule has 2 amide bonds. The molecule has 0 bridgehead atoms. The van der Waals surface area contributed by atoms with Gasteiger partial charge in [0.15, 0.2) is 0 Å². The van der Waals surface area contributed by atoms with E-state index in [2.05, 4.69) is 5.32 Å². The van der Waals surface area contributed by atoms with Gasteiger partial charge in [0.25, 0.3) is 0 Å². The summed E-state index contributed by atoms with van der Waals surface area (Å²) in [6, 6.07) is 22.4. The summed E-state index contributed by atoms with van der Waals surface area (Å²) >= 11 is 5.93. The van der Waals surface area contributed by atoms with Crippen LogP contribution in [0.25, 0.3) is 0 Å². The molecule has 0 unspecified atom stereocenters. The number of carbonyl (C=O) groups is 2. The minimum Gasteiger partial charge on any atom is -0.494 e. The highest BCUT2D eigenvalue weighted by Gasteiger charge is 2.32. The fourth-order valence-corrected chi connectivity index (χ4v) is 4.95. The quantitative estimate of drug-likeness (QED) is 0.275. The zero-order valence-corrected chi connectivity index (χ0v) is 22.2. The average molecular weight is 537 g/mol. The largest absolute Gasteiger partial charge is 0.494 e. The number of hydrogen-bond acceptors (Lipinski definition) is 3. The number of rotatable bonds is 12. The Morgan fingerprint density at radius 1 is 0.974 bits per heavy atom. The number of hydrogen-bond donors (Lipinski definition) is 1. The van der Waals surface area contributed by atoms with Crippen LogP contribution in [-0.2, 0) is 22.6 Å². The Kier molecular flexibility index (Phi) is 10.2. The SMILES string of the molecule is O=C(NC1CCCC1)[C@@H](Cc1ccccc1)N(Cc1ccccc1F)C(=O)CCCOc1ccc(Cl)cc1. The molecule has 1 saturated carbocycles. The molecule has 1 atom stereocenters. The highest BCUT2D eigenvalue weighted by Crippen LogP contribution is 2.22. The molecule has 1 N–H and O–H groups in total. The molecule has 1 fully saturated rings. The Labute approximate surface area is 228 Å². The summed E-state index contributed by atoms with van der Waals surface area (Å²) in [4.78, 5) is 28.8. The number of amides is 2. The lowest BCUT2D eigenvalue weighted by molar-refractivity contribution is -0.141. The number of halogens is 2. The van der Waals surface area contributed by atoms with E-state index in [0.717, 1.165) is 31.2 Å². The van der Waals surface area contributed by atoms with E-state index in [1.165, 1.54) is 11.0 Å². The number of carbonyl (C=O) groups excluding carboxylic acids is 2. The number of nitrogens with one attached hydrogen (secondary N) is 1. The third-order valence-corrected chi connectivity index (χ3v) is 7.14. The molecule has 0 spiro atoms. The highest BCUT2D eigenvalue weighted by atomic mass is 35.5. The van der Waals surface area contributed by atoms with E-state index in [1.54, 1.807) is 42.5 Å². The molecule has 0 saturated heterocycles. The molecule has 7 heteroatoms. The van der Waals surface area contributed by atoms with Crippen molar-refractivity contribution in [3.63, 3.8) is 0 Å². The van der Waals surface area contributed by atoms with E-state index >= 15 is 0 Å². The fourth-order valence-electron chi connectivity index (χ4n) is 4.82. The summed E-state index contributed by atoms with van der Waals surface area (Å²) in [5, 5.41) is 3.79. The maximum absolute atomic E-state index is 14.7. The van der Waals surface area contributed by atoms with E-state index in [0.29, 0.717) is 35.8 Å². The maximum Gasteiger partial charge on any atom is 0.243 e. The van der Waals surface area contributed by atoms with E-state index in [-0.39, 0.29) is 30.8 Å². The maximum atomic E-state index is 14.7. The summed E-state index contributed by atoms with van der Waals surface area (Å²) < 4.78 is 20.4. The lowest BCUT2D eigenvalue weighted by atomic mass is 10.0. The fraction of sp³-hybridized carbons (Fsp3) is 0.355. The summed E-state index contributed by atoms with van der Waals surface area (Å²) in [5.74, 6) is -0.132. The van der Waals surface area contributed by atoms with Crippen molar-refractivity contribution in [1.82, 2.24) is 10.2 Å². The van der Waals surface area contributed by atoms with Crippen molar-refractivity contribution in [2.45, 2.75) is 63.6 Å². The van der Waals surface area contributed by atoms with E-state index in [4.69, 9.17) is 16.3 Å². The number of nitrogens with zero attached hydrogens (tertiary/aromatic N) is 1. The molecule has 0 aromatic heterocycles. The summed E-state index contributed by atoms with van der Waals surface area (Å²) in [6.07, 6.45) is 5.02. The summed E-state index contributed by atoms with van der Waals surface area (Å²) in [6.45, 7) is 0.345. The van der Waals surface area contributed by atoms with E-state index in [9.17, 15) is 14.0 Å². The first-order valence-corrected chi connectivity index (χ1v) is 13.6. The molecule has 3 aromatic rings. The molecule has 3 aromatic carbocycles.